The Morgan fingerprint density at radius 2 is 2.00 bits per heavy atom. The summed E-state index contributed by atoms with van der Waals surface area (Å²) in [6, 6.07) is 0.191. The van der Waals surface area contributed by atoms with Gasteiger partial charge in [0.1, 0.15) is 5.92 Å². The predicted octanol–water partition coefficient (Wildman–Crippen LogP) is 1.70. The van der Waals surface area contributed by atoms with E-state index >= 15 is 0 Å². The van der Waals surface area contributed by atoms with Gasteiger partial charge < -0.3 is 10.0 Å². The van der Waals surface area contributed by atoms with E-state index in [2.05, 4.69) is 0 Å². The Morgan fingerprint density at radius 3 is 2.35 bits per heavy atom. The monoisotopic (exact) mass is 259 g/mol. The Labute approximate surface area is 107 Å². The van der Waals surface area contributed by atoms with Crippen LogP contribution in [-0.4, -0.2) is 46.5 Å². The smallest absolute Gasteiger partial charge is 0.316 e. The number of thioether (sulfide) groups is 1. The van der Waals surface area contributed by atoms with Gasteiger partial charge in [-0.25, -0.2) is 0 Å². The van der Waals surface area contributed by atoms with E-state index in [4.69, 9.17) is 0 Å². The molecule has 4 nitrogen and oxygen atoms in total. The summed E-state index contributed by atoms with van der Waals surface area (Å²) in [5.74, 6) is -0.288. The van der Waals surface area contributed by atoms with E-state index in [0.717, 1.165) is 17.9 Å². The molecule has 1 N–H and O–H groups in total. The normalized spacial score (nSPS) is 22.2. The molecule has 0 radical (unpaired) electrons. The van der Waals surface area contributed by atoms with Gasteiger partial charge in [-0.1, -0.05) is 20.8 Å². The maximum atomic E-state index is 12.3. The summed E-state index contributed by atoms with van der Waals surface area (Å²) >= 11 is 1.81. The highest BCUT2D eigenvalue weighted by molar-refractivity contribution is 7.99. The zero-order valence-corrected chi connectivity index (χ0v) is 11.7. The lowest BCUT2D eigenvalue weighted by atomic mass is 9.79. The Bertz CT molecular complexity index is 305. The maximum absolute atomic E-state index is 12.3. The minimum Gasteiger partial charge on any atom is -0.481 e. The van der Waals surface area contributed by atoms with Crippen LogP contribution in [0.25, 0.3) is 0 Å². The average Bonchev–Trinajstić information content (AvgIpc) is 2.65. The molecule has 0 aromatic carbocycles. The summed E-state index contributed by atoms with van der Waals surface area (Å²) in [5, 5.41) is 9.22. The Balaban J connectivity index is 2.81. The van der Waals surface area contributed by atoms with Crippen LogP contribution >= 0.6 is 11.8 Å². The molecule has 1 saturated heterocycles. The molecule has 1 rings (SSSR count). The first-order valence-corrected chi connectivity index (χ1v) is 6.98. The molecule has 1 fully saturated rings. The molecule has 2 unspecified atom stereocenters. The van der Waals surface area contributed by atoms with Crippen molar-refractivity contribution in [3.8, 4) is 0 Å². The van der Waals surface area contributed by atoms with Crippen molar-refractivity contribution in [3.63, 3.8) is 0 Å². The molecule has 1 aliphatic rings. The van der Waals surface area contributed by atoms with E-state index in [1.807, 2.05) is 11.8 Å². The standard InChI is InChI=1S/C12H21NO3S/c1-12(2,3)9(11(15)16)10(14)13(4)8-5-6-17-7-8/h8-9H,5-7H2,1-4H3,(H,15,16). The van der Waals surface area contributed by atoms with Crippen LogP contribution in [0.5, 0.6) is 0 Å². The molecular formula is C12H21NO3S. The van der Waals surface area contributed by atoms with E-state index in [1.54, 1.807) is 32.7 Å². The van der Waals surface area contributed by atoms with Crippen LogP contribution in [0, 0.1) is 11.3 Å². The van der Waals surface area contributed by atoms with Gasteiger partial charge in [-0.15, -0.1) is 0 Å². The first kappa shape index (κ1) is 14.4. The van der Waals surface area contributed by atoms with Crippen molar-refractivity contribution in [1.29, 1.82) is 0 Å². The number of hydrogen-bond acceptors (Lipinski definition) is 3. The summed E-state index contributed by atoms with van der Waals surface area (Å²) in [4.78, 5) is 25.1. The van der Waals surface area contributed by atoms with E-state index in [-0.39, 0.29) is 11.9 Å². The van der Waals surface area contributed by atoms with E-state index in [9.17, 15) is 14.7 Å². The van der Waals surface area contributed by atoms with Crippen molar-refractivity contribution in [3.05, 3.63) is 0 Å². The molecule has 98 valence electrons. The summed E-state index contributed by atoms with van der Waals surface area (Å²) in [7, 11) is 1.72. The summed E-state index contributed by atoms with van der Waals surface area (Å²) in [5.41, 5.74) is -0.553. The van der Waals surface area contributed by atoms with Gasteiger partial charge in [0.2, 0.25) is 5.91 Å². The van der Waals surface area contributed by atoms with Gasteiger partial charge in [-0.05, 0) is 17.6 Å². The van der Waals surface area contributed by atoms with Crippen molar-refractivity contribution in [2.24, 2.45) is 11.3 Å². The molecule has 1 amide bonds. The highest BCUT2D eigenvalue weighted by Gasteiger charge is 2.41. The van der Waals surface area contributed by atoms with Crippen molar-refractivity contribution >= 4 is 23.6 Å². The second-order valence-corrected chi connectivity index (χ2v) is 6.75. The molecule has 0 aromatic heterocycles. The SMILES string of the molecule is CN(C(=O)C(C(=O)O)C(C)(C)C)C1CCSC1. The molecule has 2 atom stereocenters. The molecule has 0 spiro atoms. The molecule has 5 heteroatoms. The molecule has 0 aromatic rings. The van der Waals surface area contributed by atoms with E-state index < -0.39 is 17.3 Å². The molecule has 0 saturated carbocycles. The molecule has 1 heterocycles. The third-order valence-electron chi connectivity index (χ3n) is 3.16. The van der Waals surface area contributed by atoms with Gasteiger partial charge in [0.25, 0.3) is 0 Å². The van der Waals surface area contributed by atoms with Gasteiger partial charge in [-0.3, -0.25) is 9.59 Å². The Morgan fingerprint density at radius 1 is 1.41 bits per heavy atom. The molecule has 0 aliphatic carbocycles. The van der Waals surface area contributed by atoms with Gasteiger partial charge in [0.15, 0.2) is 0 Å². The minimum absolute atomic E-state index is 0.191. The Hall–Kier alpha value is -0.710. The number of carbonyl (C=O) groups excluding carboxylic acids is 1. The lowest BCUT2D eigenvalue weighted by Crippen LogP contribution is -2.47. The van der Waals surface area contributed by atoms with Gasteiger partial charge in [0, 0.05) is 18.8 Å². The predicted molar refractivity (Wildman–Crippen MR) is 69.1 cm³/mol. The first-order valence-electron chi connectivity index (χ1n) is 5.82. The molecule has 1 aliphatic heterocycles. The van der Waals surface area contributed by atoms with Crippen LogP contribution in [0.2, 0.25) is 0 Å². The third kappa shape index (κ3) is 3.37. The van der Waals surface area contributed by atoms with Crippen LogP contribution in [0.15, 0.2) is 0 Å². The number of nitrogens with zero attached hydrogens (tertiary/aromatic N) is 1. The van der Waals surface area contributed by atoms with Crippen LogP contribution in [0.4, 0.5) is 0 Å². The molecule has 17 heavy (non-hydrogen) atoms. The number of carboxylic acids is 1. The van der Waals surface area contributed by atoms with E-state index in [1.165, 1.54) is 0 Å². The van der Waals surface area contributed by atoms with Gasteiger partial charge in [0.05, 0.1) is 0 Å². The maximum Gasteiger partial charge on any atom is 0.316 e. The topological polar surface area (TPSA) is 57.6 Å². The van der Waals surface area contributed by atoms with E-state index in [0.29, 0.717) is 0 Å². The van der Waals surface area contributed by atoms with Crippen molar-refractivity contribution in [1.82, 2.24) is 4.90 Å². The number of amides is 1. The fraction of sp³-hybridized carbons (Fsp3) is 0.833. The molecule has 0 bridgehead atoms. The summed E-state index contributed by atoms with van der Waals surface area (Å²) < 4.78 is 0. The van der Waals surface area contributed by atoms with Gasteiger partial charge >= 0.3 is 5.97 Å². The highest BCUT2D eigenvalue weighted by Crippen LogP contribution is 2.30. The highest BCUT2D eigenvalue weighted by atomic mass is 32.2. The number of carbonyl (C=O) groups is 2. The zero-order valence-electron chi connectivity index (χ0n) is 10.9. The van der Waals surface area contributed by atoms with Crippen LogP contribution < -0.4 is 0 Å². The minimum atomic E-state index is -1.03. The summed E-state index contributed by atoms with van der Waals surface area (Å²) in [6.07, 6.45) is 0.962. The lowest BCUT2D eigenvalue weighted by Gasteiger charge is -2.32. The third-order valence-corrected chi connectivity index (χ3v) is 4.31. The van der Waals surface area contributed by atoms with Crippen molar-refractivity contribution in [2.75, 3.05) is 18.6 Å². The van der Waals surface area contributed by atoms with Gasteiger partial charge in [-0.2, -0.15) is 11.8 Å². The fourth-order valence-corrected chi connectivity index (χ4v) is 3.33. The lowest BCUT2D eigenvalue weighted by molar-refractivity contribution is -0.156. The number of aliphatic carboxylic acids is 1. The molecular weight excluding hydrogens is 238 g/mol. The number of carboxylic acid groups (broad SMARTS) is 1. The second-order valence-electron chi connectivity index (χ2n) is 5.60. The number of hydrogen-bond donors (Lipinski definition) is 1. The fourth-order valence-electron chi connectivity index (χ4n) is 2.06. The van der Waals surface area contributed by atoms with Crippen molar-refractivity contribution < 1.29 is 14.7 Å². The Kier molecular flexibility index (Phi) is 4.47. The summed E-state index contributed by atoms with van der Waals surface area (Å²) in [6.45, 7) is 5.38. The van der Waals surface area contributed by atoms with Crippen molar-refractivity contribution in [2.45, 2.75) is 33.2 Å². The van der Waals surface area contributed by atoms with Crippen LogP contribution in [0.1, 0.15) is 27.2 Å². The van der Waals surface area contributed by atoms with Crippen LogP contribution in [-0.2, 0) is 9.59 Å². The largest absolute Gasteiger partial charge is 0.481 e. The zero-order chi connectivity index (χ0) is 13.2. The van der Waals surface area contributed by atoms with Crippen LogP contribution in [0.3, 0.4) is 0 Å². The quantitative estimate of drug-likeness (QED) is 0.784. The first-order chi connectivity index (χ1) is 7.75. The second kappa shape index (κ2) is 5.29. The number of rotatable bonds is 3. The average molecular weight is 259 g/mol.